The molecule has 0 aromatic carbocycles. The molecular weight excluding hydrogens is 212 g/mol. The smallest absolute Gasteiger partial charge is 0.404 e. The van der Waals surface area contributed by atoms with E-state index >= 15 is 0 Å². The third-order valence-electron chi connectivity index (χ3n) is 1.99. The highest BCUT2D eigenvalue weighted by molar-refractivity contribution is 5.96. The molecular formula is C9H14N4O3. The van der Waals surface area contributed by atoms with E-state index in [1.807, 2.05) is 0 Å². The van der Waals surface area contributed by atoms with Crippen molar-refractivity contribution >= 4 is 12.0 Å². The monoisotopic (exact) mass is 226 g/mol. The molecule has 0 saturated carbocycles. The van der Waals surface area contributed by atoms with Gasteiger partial charge in [-0.1, -0.05) is 0 Å². The van der Waals surface area contributed by atoms with Crippen molar-refractivity contribution in [1.29, 1.82) is 0 Å². The zero-order chi connectivity index (χ0) is 12.1. The second-order valence-corrected chi connectivity index (χ2v) is 3.23. The molecule has 0 bridgehead atoms. The average Bonchev–Trinajstić information content (AvgIpc) is 2.53. The highest BCUT2D eigenvalue weighted by Gasteiger charge is 2.14. The first-order valence-electron chi connectivity index (χ1n) is 4.74. The molecule has 0 aliphatic carbocycles. The van der Waals surface area contributed by atoms with Crippen LogP contribution in [0.2, 0.25) is 0 Å². The van der Waals surface area contributed by atoms with E-state index in [2.05, 4.69) is 20.3 Å². The van der Waals surface area contributed by atoms with Crippen molar-refractivity contribution in [3.63, 3.8) is 0 Å². The number of H-pyrrole nitrogens is 1. The lowest BCUT2D eigenvalue weighted by Crippen LogP contribution is -2.29. The molecule has 1 aromatic rings. The normalized spacial score (nSPS) is 9.88. The first-order valence-corrected chi connectivity index (χ1v) is 4.74. The Morgan fingerprint density at radius 3 is 2.69 bits per heavy atom. The molecule has 0 atom stereocenters. The summed E-state index contributed by atoms with van der Waals surface area (Å²) in [5.74, 6) is -0.253. The van der Waals surface area contributed by atoms with Crippen LogP contribution in [0.5, 0.6) is 0 Å². The fourth-order valence-electron chi connectivity index (χ4n) is 1.29. The van der Waals surface area contributed by atoms with E-state index in [9.17, 15) is 9.59 Å². The summed E-state index contributed by atoms with van der Waals surface area (Å²) in [6.07, 6.45) is -0.857. The average molecular weight is 226 g/mol. The van der Waals surface area contributed by atoms with Gasteiger partial charge in [-0.25, -0.2) is 4.79 Å². The predicted octanol–water partition coefficient (Wildman–Crippen LogP) is -0.148. The molecule has 16 heavy (non-hydrogen) atoms. The number of primary amides is 1. The first kappa shape index (κ1) is 12.0. The van der Waals surface area contributed by atoms with Gasteiger partial charge in [-0.05, 0) is 13.8 Å². The third kappa shape index (κ3) is 2.97. The number of carbonyl (C=O) groups is 2. The van der Waals surface area contributed by atoms with Crippen LogP contribution in [-0.4, -0.2) is 35.3 Å². The molecule has 1 aromatic heterocycles. The summed E-state index contributed by atoms with van der Waals surface area (Å²) >= 11 is 0. The van der Waals surface area contributed by atoms with Gasteiger partial charge in [0.05, 0.1) is 17.8 Å². The summed E-state index contributed by atoms with van der Waals surface area (Å²) in [5.41, 5.74) is 6.61. The van der Waals surface area contributed by atoms with Crippen LogP contribution >= 0.6 is 0 Å². The number of aryl methyl sites for hydroxylation is 2. The van der Waals surface area contributed by atoms with Crippen molar-refractivity contribution in [2.75, 3.05) is 13.2 Å². The quantitative estimate of drug-likeness (QED) is 0.620. The zero-order valence-corrected chi connectivity index (χ0v) is 9.16. The molecule has 0 spiro atoms. The number of nitrogens with two attached hydrogens (primary N) is 1. The standard InChI is InChI=1S/C9H14N4O3/c1-5-7(6(2)13-12-5)8(14)11-3-4-16-9(10)15/h3-4H2,1-2H3,(H2,10,15)(H,11,14)(H,12,13). The number of carbonyl (C=O) groups excluding carboxylic acids is 2. The number of ether oxygens (including phenoxy) is 1. The largest absolute Gasteiger partial charge is 0.448 e. The Balaban J connectivity index is 2.44. The van der Waals surface area contributed by atoms with Crippen LogP contribution in [0, 0.1) is 13.8 Å². The second-order valence-electron chi connectivity index (χ2n) is 3.23. The van der Waals surface area contributed by atoms with Gasteiger partial charge in [0, 0.05) is 5.69 Å². The minimum atomic E-state index is -0.857. The molecule has 7 heteroatoms. The predicted molar refractivity (Wildman–Crippen MR) is 55.9 cm³/mol. The van der Waals surface area contributed by atoms with E-state index in [4.69, 9.17) is 5.73 Å². The number of aromatic amines is 1. The van der Waals surface area contributed by atoms with Crippen molar-refractivity contribution in [2.45, 2.75) is 13.8 Å². The maximum Gasteiger partial charge on any atom is 0.404 e. The van der Waals surface area contributed by atoms with E-state index in [-0.39, 0.29) is 19.1 Å². The van der Waals surface area contributed by atoms with E-state index in [1.54, 1.807) is 13.8 Å². The fourth-order valence-corrected chi connectivity index (χ4v) is 1.29. The van der Waals surface area contributed by atoms with Gasteiger partial charge in [-0.3, -0.25) is 9.89 Å². The molecule has 0 saturated heterocycles. The van der Waals surface area contributed by atoms with Gasteiger partial charge in [0.25, 0.3) is 5.91 Å². The molecule has 0 aliphatic rings. The van der Waals surface area contributed by atoms with Gasteiger partial charge in [0.2, 0.25) is 0 Å². The van der Waals surface area contributed by atoms with E-state index in [0.29, 0.717) is 17.0 Å². The minimum Gasteiger partial charge on any atom is -0.448 e. The van der Waals surface area contributed by atoms with Gasteiger partial charge >= 0.3 is 6.09 Å². The highest BCUT2D eigenvalue weighted by Crippen LogP contribution is 2.08. The van der Waals surface area contributed by atoms with Gasteiger partial charge in [0.15, 0.2) is 0 Å². The van der Waals surface area contributed by atoms with Crippen LogP contribution in [0.25, 0.3) is 0 Å². The molecule has 0 unspecified atom stereocenters. The first-order chi connectivity index (χ1) is 7.52. The fraction of sp³-hybridized carbons (Fsp3) is 0.444. The summed E-state index contributed by atoms with van der Waals surface area (Å²) < 4.78 is 4.47. The van der Waals surface area contributed by atoms with Crippen molar-refractivity contribution in [3.8, 4) is 0 Å². The van der Waals surface area contributed by atoms with Crippen LogP contribution in [0.15, 0.2) is 0 Å². The molecule has 0 radical (unpaired) electrons. The van der Waals surface area contributed by atoms with Gasteiger partial charge < -0.3 is 15.8 Å². The van der Waals surface area contributed by atoms with Crippen LogP contribution < -0.4 is 11.1 Å². The van der Waals surface area contributed by atoms with E-state index < -0.39 is 6.09 Å². The molecule has 0 fully saturated rings. The number of rotatable bonds is 4. The van der Waals surface area contributed by atoms with E-state index in [1.165, 1.54) is 0 Å². The molecule has 2 amide bonds. The summed E-state index contributed by atoms with van der Waals surface area (Å²) in [7, 11) is 0. The Hall–Kier alpha value is -2.05. The van der Waals surface area contributed by atoms with Crippen LogP contribution in [0.3, 0.4) is 0 Å². The Kier molecular flexibility index (Phi) is 3.87. The minimum absolute atomic E-state index is 0.0526. The lowest BCUT2D eigenvalue weighted by molar-refractivity contribution is 0.0935. The van der Waals surface area contributed by atoms with Crippen LogP contribution in [0.1, 0.15) is 21.7 Å². The summed E-state index contributed by atoms with van der Waals surface area (Å²) in [6.45, 7) is 3.76. The molecule has 7 nitrogen and oxygen atoms in total. The van der Waals surface area contributed by atoms with Crippen LogP contribution in [0.4, 0.5) is 4.79 Å². The van der Waals surface area contributed by atoms with E-state index in [0.717, 1.165) is 0 Å². The van der Waals surface area contributed by atoms with Gasteiger partial charge in [0.1, 0.15) is 6.61 Å². The number of hydrogen-bond acceptors (Lipinski definition) is 4. The maximum absolute atomic E-state index is 11.6. The third-order valence-corrected chi connectivity index (χ3v) is 1.99. The second kappa shape index (κ2) is 5.15. The number of aromatic nitrogens is 2. The Bertz CT molecular complexity index is 380. The highest BCUT2D eigenvalue weighted by atomic mass is 16.5. The molecule has 1 rings (SSSR count). The number of hydrogen-bond donors (Lipinski definition) is 3. The SMILES string of the molecule is Cc1n[nH]c(C)c1C(=O)NCCOC(N)=O. The molecule has 1 heterocycles. The number of amides is 2. The lowest BCUT2D eigenvalue weighted by atomic mass is 10.2. The maximum atomic E-state index is 11.6. The topological polar surface area (TPSA) is 110 Å². The number of nitrogens with zero attached hydrogens (tertiary/aromatic N) is 1. The Morgan fingerprint density at radius 1 is 1.50 bits per heavy atom. The van der Waals surface area contributed by atoms with Gasteiger partial charge in [-0.2, -0.15) is 5.10 Å². The molecule has 0 aliphatic heterocycles. The molecule has 88 valence electrons. The summed E-state index contributed by atoms with van der Waals surface area (Å²) in [6, 6.07) is 0. The van der Waals surface area contributed by atoms with Crippen molar-refractivity contribution in [1.82, 2.24) is 15.5 Å². The Labute approximate surface area is 92.3 Å². The lowest BCUT2D eigenvalue weighted by Gasteiger charge is -2.05. The number of nitrogens with one attached hydrogen (secondary N) is 2. The van der Waals surface area contributed by atoms with Crippen molar-refractivity contribution in [3.05, 3.63) is 17.0 Å². The summed E-state index contributed by atoms with van der Waals surface area (Å²) in [4.78, 5) is 21.9. The zero-order valence-electron chi connectivity index (χ0n) is 9.16. The summed E-state index contributed by atoms with van der Waals surface area (Å²) in [5, 5.41) is 9.20. The van der Waals surface area contributed by atoms with Gasteiger partial charge in [-0.15, -0.1) is 0 Å². The molecule has 4 N–H and O–H groups in total. The van der Waals surface area contributed by atoms with Crippen molar-refractivity contribution < 1.29 is 14.3 Å². The van der Waals surface area contributed by atoms with Crippen LogP contribution in [-0.2, 0) is 4.74 Å². The van der Waals surface area contributed by atoms with Crippen molar-refractivity contribution in [2.24, 2.45) is 5.73 Å². The Morgan fingerprint density at radius 2 is 2.19 bits per heavy atom.